The van der Waals surface area contributed by atoms with E-state index in [-0.39, 0.29) is 0 Å². The largest absolute Gasteiger partial charge is 0.302 e. The molecule has 0 spiro atoms. The molecule has 0 bridgehead atoms. The van der Waals surface area contributed by atoms with Gasteiger partial charge in [-0.1, -0.05) is 13.8 Å². The van der Waals surface area contributed by atoms with E-state index in [9.17, 15) is 0 Å². The van der Waals surface area contributed by atoms with Gasteiger partial charge in [0.25, 0.3) is 0 Å². The van der Waals surface area contributed by atoms with Gasteiger partial charge in [-0.15, -0.1) is 0 Å². The van der Waals surface area contributed by atoms with Crippen molar-refractivity contribution in [2.75, 3.05) is 13.2 Å². The van der Waals surface area contributed by atoms with Crippen molar-refractivity contribution in [3.63, 3.8) is 0 Å². The number of nitrogens with one attached hydrogen (secondary N) is 1. The summed E-state index contributed by atoms with van der Waals surface area (Å²) >= 11 is 0. The fourth-order valence-electron chi connectivity index (χ4n) is 0.746. The monoisotopic (exact) mass is 115 g/mol. The predicted molar refractivity (Wildman–Crippen MR) is 32.3 cm³/mol. The molecule has 1 heterocycles. The predicted octanol–water partition coefficient (Wildman–Crippen LogP) is 0.793. The minimum Gasteiger partial charge on any atom is -0.302 e. The Morgan fingerprint density at radius 3 is 2.50 bits per heavy atom. The van der Waals surface area contributed by atoms with Gasteiger partial charge in [-0.2, -0.15) is 0 Å². The average Bonchev–Trinajstić information content (AvgIpc) is 1.77. The second-order valence-electron chi connectivity index (χ2n) is 2.61. The fourth-order valence-corrected chi connectivity index (χ4v) is 0.746. The molecule has 2 heteroatoms. The summed E-state index contributed by atoms with van der Waals surface area (Å²) < 4.78 is 0. The first-order valence-corrected chi connectivity index (χ1v) is 3.15. The summed E-state index contributed by atoms with van der Waals surface area (Å²) in [4.78, 5) is 5.00. The van der Waals surface area contributed by atoms with E-state index in [0.717, 1.165) is 25.0 Å². The van der Waals surface area contributed by atoms with Gasteiger partial charge in [-0.25, -0.2) is 5.48 Å². The van der Waals surface area contributed by atoms with E-state index in [4.69, 9.17) is 4.84 Å². The highest BCUT2D eigenvalue weighted by Crippen LogP contribution is 2.12. The van der Waals surface area contributed by atoms with Gasteiger partial charge < -0.3 is 4.84 Å². The quantitative estimate of drug-likeness (QED) is 0.504. The summed E-state index contributed by atoms with van der Waals surface area (Å²) in [5.41, 5.74) is 2.86. The highest BCUT2D eigenvalue weighted by molar-refractivity contribution is 4.64. The zero-order valence-corrected chi connectivity index (χ0v) is 5.48. The van der Waals surface area contributed by atoms with Crippen LogP contribution in [0.25, 0.3) is 0 Å². The van der Waals surface area contributed by atoms with E-state index < -0.39 is 0 Å². The second-order valence-corrected chi connectivity index (χ2v) is 2.61. The van der Waals surface area contributed by atoms with Gasteiger partial charge in [0, 0.05) is 6.54 Å². The first-order valence-electron chi connectivity index (χ1n) is 3.15. The summed E-state index contributed by atoms with van der Waals surface area (Å²) in [6.45, 7) is 6.31. The van der Waals surface area contributed by atoms with Gasteiger partial charge >= 0.3 is 0 Å². The summed E-state index contributed by atoms with van der Waals surface area (Å²) in [5, 5.41) is 0. The summed E-state index contributed by atoms with van der Waals surface area (Å²) in [6, 6.07) is 0. The van der Waals surface area contributed by atoms with Gasteiger partial charge in [0.05, 0.1) is 6.61 Å². The van der Waals surface area contributed by atoms with E-state index in [1.54, 1.807) is 0 Å². The van der Waals surface area contributed by atoms with Crippen LogP contribution in [0.5, 0.6) is 0 Å². The lowest BCUT2D eigenvalue weighted by Crippen LogP contribution is -2.35. The van der Waals surface area contributed by atoms with Crippen LogP contribution in [0.1, 0.15) is 13.8 Å². The molecule has 2 unspecified atom stereocenters. The van der Waals surface area contributed by atoms with Crippen molar-refractivity contribution in [1.29, 1.82) is 0 Å². The first kappa shape index (κ1) is 6.05. The summed E-state index contributed by atoms with van der Waals surface area (Å²) in [6.07, 6.45) is 0. The molecule has 2 nitrogen and oxygen atoms in total. The topological polar surface area (TPSA) is 21.3 Å². The van der Waals surface area contributed by atoms with Crippen LogP contribution in [0, 0.1) is 11.8 Å². The van der Waals surface area contributed by atoms with Crippen LogP contribution in [-0.4, -0.2) is 13.2 Å². The molecule has 0 aromatic carbocycles. The minimum atomic E-state index is 0.719. The third-order valence-corrected chi connectivity index (χ3v) is 1.83. The number of rotatable bonds is 0. The van der Waals surface area contributed by atoms with Gasteiger partial charge in [-0.05, 0) is 11.8 Å². The molecule has 0 radical (unpaired) electrons. The molecule has 1 aliphatic rings. The lowest BCUT2D eigenvalue weighted by Gasteiger charge is -2.25. The summed E-state index contributed by atoms with van der Waals surface area (Å²) in [7, 11) is 0. The maximum atomic E-state index is 5.00. The first-order chi connectivity index (χ1) is 3.80. The Bertz CT molecular complexity index is 64.9. The third kappa shape index (κ3) is 1.20. The molecule has 0 amide bonds. The van der Waals surface area contributed by atoms with Crippen molar-refractivity contribution >= 4 is 0 Å². The molecule has 0 saturated carbocycles. The molecule has 48 valence electrons. The molecule has 1 saturated heterocycles. The van der Waals surface area contributed by atoms with Crippen LogP contribution in [0.15, 0.2) is 0 Å². The van der Waals surface area contributed by atoms with E-state index in [1.165, 1.54) is 0 Å². The molecule has 1 fully saturated rings. The van der Waals surface area contributed by atoms with Crippen LogP contribution in [0.4, 0.5) is 0 Å². The van der Waals surface area contributed by atoms with Gasteiger partial charge in [0.2, 0.25) is 0 Å². The van der Waals surface area contributed by atoms with Crippen LogP contribution in [-0.2, 0) is 4.84 Å². The molecule has 1 rings (SSSR count). The van der Waals surface area contributed by atoms with E-state index in [0.29, 0.717) is 0 Å². The average molecular weight is 115 g/mol. The Morgan fingerprint density at radius 1 is 1.38 bits per heavy atom. The fraction of sp³-hybridized carbons (Fsp3) is 1.00. The zero-order valence-electron chi connectivity index (χ0n) is 5.48. The maximum Gasteiger partial charge on any atom is 0.0710 e. The van der Waals surface area contributed by atoms with Crippen LogP contribution in [0.2, 0.25) is 0 Å². The normalized spacial score (nSPS) is 39.8. The Labute approximate surface area is 50.2 Å². The lowest BCUT2D eigenvalue weighted by atomic mass is 9.96. The minimum absolute atomic E-state index is 0.719. The van der Waals surface area contributed by atoms with E-state index in [1.807, 2.05) is 0 Å². The van der Waals surface area contributed by atoms with Crippen molar-refractivity contribution in [2.24, 2.45) is 11.8 Å². The Kier molecular flexibility index (Phi) is 1.86. The molecule has 8 heavy (non-hydrogen) atoms. The van der Waals surface area contributed by atoms with Crippen molar-refractivity contribution in [1.82, 2.24) is 5.48 Å². The van der Waals surface area contributed by atoms with E-state index >= 15 is 0 Å². The highest BCUT2D eigenvalue weighted by Gasteiger charge is 2.16. The Balaban J connectivity index is 2.28. The number of hydrogen-bond donors (Lipinski definition) is 1. The SMILES string of the molecule is CC1CNOCC1C. The van der Waals surface area contributed by atoms with Gasteiger partial charge in [-0.3, -0.25) is 0 Å². The summed E-state index contributed by atoms with van der Waals surface area (Å²) in [5.74, 6) is 1.49. The Hall–Kier alpha value is -0.0800. The molecular weight excluding hydrogens is 102 g/mol. The van der Waals surface area contributed by atoms with Crippen LogP contribution >= 0.6 is 0 Å². The molecule has 1 aliphatic heterocycles. The molecule has 0 aromatic heterocycles. The smallest absolute Gasteiger partial charge is 0.0710 e. The lowest BCUT2D eigenvalue weighted by molar-refractivity contribution is -0.0375. The molecule has 2 atom stereocenters. The van der Waals surface area contributed by atoms with Crippen LogP contribution < -0.4 is 5.48 Å². The maximum absolute atomic E-state index is 5.00. The van der Waals surface area contributed by atoms with Crippen molar-refractivity contribution in [3.05, 3.63) is 0 Å². The van der Waals surface area contributed by atoms with Gasteiger partial charge in [0.15, 0.2) is 0 Å². The molecule has 0 aromatic rings. The standard InChI is InChI=1S/C6H13NO/c1-5-3-7-8-4-6(5)2/h5-7H,3-4H2,1-2H3. The highest BCUT2D eigenvalue weighted by atomic mass is 16.6. The van der Waals surface area contributed by atoms with Crippen molar-refractivity contribution in [3.8, 4) is 0 Å². The van der Waals surface area contributed by atoms with Gasteiger partial charge in [0.1, 0.15) is 0 Å². The Morgan fingerprint density at radius 2 is 2.12 bits per heavy atom. The van der Waals surface area contributed by atoms with Crippen molar-refractivity contribution in [2.45, 2.75) is 13.8 Å². The third-order valence-electron chi connectivity index (χ3n) is 1.83. The number of hydroxylamine groups is 1. The molecule has 1 N–H and O–H groups in total. The second kappa shape index (κ2) is 2.46. The zero-order chi connectivity index (χ0) is 5.98. The van der Waals surface area contributed by atoms with Crippen molar-refractivity contribution < 1.29 is 4.84 Å². The number of hydrogen-bond acceptors (Lipinski definition) is 2. The molecular formula is C6H13NO. The van der Waals surface area contributed by atoms with Crippen LogP contribution in [0.3, 0.4) is 0 Å². The molecule has 0 aliphatic carbocycles. The van der Waals surface area contributed by atoms with E-state index in [2.05, 4.69) is 19.3 Å².